The molecular weight excluding hydrogens is 118 g/mol. The van der Waals surface area contributed by atoms with E-state index >= 15 is 0 Å². The molecule has 0 bridgehead atoms. The van der Waals surface area contributed by atoms with Crippen LogP contribution in [0.2, 0.25) is 0 Å². The molecule has 0 aromatic carbocycles. The van der Waals surface area contributed by atoms with Crippen molar-refractivity contribution in [1.82, 2.24) is 14.3 Å². The van der Waals surface area contributed by atoms with E-state index in [-0.39, 0.29) is 0 Å². The van der Waals surface area contributed by atoms with E-state index in [1.54, 1.807) is 16.8 Å². The highest BCUT2D eigenvalue weighted by Gasteiger charge is 1.95. The van der Waals surface area contributed by atoms with Gasteiger partial charge in [0.05, 0.1) is 0 Å². The summed E-state index contributed by atoms with van der Waals surface area (Å²) in [5, 5.41) is 12.7. The van der Waals surface area contributed by atoms with Gasteiger partial charge in [0.2, 0.25) is 0 Å². The van der Waals surface area contributed by atoms with E-state index in [1.807, 2.05) is 6.07 Å². The van der Waals surface area contributed by atoms with E-state index in [4.69, 9.17) is 5.21 Å². The SMILES string of the molecule is On1cnn2cccc12. The van der Waals surface area contributed by atoms with Crippen molar-refractivity contribution in [3.8, 4) is 0 Å². The summed E-state index contributed by atoms with van der Waals surface area (Å²) >= 11 is 0. The molecule has 0 unspecified atom stereocenters. The molecule has 0 aliphatic carbocycles. The van der Waals surface area contributed by atoms with Gasteiger partial charge in [0, 0.05) is 6.20 Å². The first-order valence-electron chi connectivity index (χ1n) is 2.58. The molecule has 0 radical (unpaired) electrons. The molecule has 9 heavy (non-hydrogen) atoms. The van der Waals surface area contributed by atoms with E-state index in [1.165, 1.54) is 6.33 Å². The molecule has 0 fully saturated rings. The Hall–Kier alpha value is -1.45. The summed E-state index contributed by atoms with van der Waals surface area (Å²) in [7, 11) is 0. The fourth-order valence-corrected chi connectivity index (χ4v) is 0.806. The van der Waals surface area contributed by atoms with Gasteiger partial charge < -0.3 is 5.21 Å². The van der Waals surface area contributed by atoms with E-state index in [2.05, 4.69) is 5.10 Å². The smallest absolute Gasteiger partial charge is 0.171 e. The molecule has 2 heterocycles. The van der Waals surface area contributed by atoms with Crippen LogP contribution in [-0.4, -0.2) is 19.6 Å². The van der Waals surface area contributed by atoms with Gasteiger partial charge in [-0.3, -0.25) is 0 Å². The van der Waals surface area contributed by atoms with Crippen LogP contribution in [0.3, 0.4) is 0 Å². The van der Waals surface area contributed by atoms with Crippen LogP contribution < -0.4 is 0 Å². The lowest BCUT2D eigenvalue weighted by Gasteiger charge is -1.83. The Morgan fingerprint density at radius 1 is 1.56 bits per heavy atom. The van der Waals surface area contributed by atoms with Crippen LogP contribution in [0, 0.1) is 0 Å². The monoisotopic (exact) mass is 123 g/mol. The Balaban J connectivity index is 2.99. The maximum Gasteiger partial charge on any atom is 0.171 e. The highest BCUT2D eigenvalue weighted by Crippen LogP contribution is 1.98. The molecule has 46 valence electrons. The summed E-state index contributed by atoms with van der Waals surface area (Å²) in [6.45, 7) is 0. The summed E-state index contributed by atoms with van der Waals surface area (Å²) in [4.78, 5) is 0. The Kier molecular flexibility index (Phi) is 0.631. The fourth-order valence-electron chi connectivity index (χ4n) is 0.806. The predicted molar refractivity (Wildman–Crippen MR) is 30.4 cm³/mol. The van der Waals surface area contributed by atoms with Crippen molar-refractivity contribution in [2.45, 2.75) is 0 Å². The van der Waals surface area contributed by atoms with Gasteiger partial charge in [-0.15, -0.1) is 0 Å². The number of nitrogens with zero attached hydrogens (tertiary/aromatic N) is 3. The quantitative estimate of drug-likeness (QED) is 0.514. The second-order valence-electron chi connectivity index (χ2n) is 1.79. The first-order chi connectivity index (χ1) is 4.38. The van der Waals surface area contributed by atoms with Crippen molar-refractivity contribution in [2.24, 2.45) is 0 Å². The largest absolute Gasteiger partial charge is 0.425 e. The minimum Gasteiger partial charge on any atom is -0.425 e. The summed E-state index contributed by atoms with van der Waals surface area (Å²) in [5.41, 5.74) is 0.676. The van der Waals surface area contributed by atoms with Gasteiger partial charge in [-0.2, -0.15) is 9.83 Å². The standard InChI is InChI=1S/C5H5N3O/c9-8-4-6-7-3-1-2-5(7)8/h1-4,9H. The topological polar surface area (TPSA) is 42.5 Å². The molecule has 0 spiro atoms. The number of fused-ring (bicyclic) bond motifs is 1. The summed E-state index contributed by atoms with van der Waals surface area (Å²) < 4.78 is 2.56. The van der Waals surface area contributed by atoms with Crippen LogP contribution in [-0.2, 0) is 0 Å². The fraction of sp³-hybridized carbons (Fsp3) is 0. The van der Waals surface area contributed by atoms with Gasteiger partial charge in [0.25, 0.3) is 0 Å². The van der Waals surface area contributed by atoms with Crippen LogP contribution in [0.25, 0.3) is 5.65 Å². The van der Waals surface area contributed by atoms with E-state index in [9.17, 15) is 0 Å². The minimum absolute atomic E-state index is 0.676. The van der Waals surface area contributed by atoms with Gasteiger partial charge in [-0.25, -0.2) is 4.52 Å². The minimum atomic E-state index is 0.676. The number of aromatic nitrogens is 3. The van der Waals surface area contributed by atoms with Crippen LogP contribution in [0.5, 0.6) is 0 Å². The Bertz CT molecular complexity index is 321. The normalized spacial score (nSPS) is 10.7. The molecule has 0 aliphatic rings. The van der Waals surface area contributed by atoms with Crippen LogP contribution >= 0.6 is 0 Å². The average Bonchev–Trinajstić information content (AvgIpc) is 2.35. The summed E-state index contributed by atoms with van der Waals surface area (Å²) in [6.07, 6.45) is 3.11. The van der Waals surface area contributed by atoms with Crippen molar-refractivity contribution in [2.75, 3.05) is 0 Å². The van der Waals surface area contributed by atoms with Gasteiger partial charge in [-0.05, 0) is 12.1 Å². The highest BCUT2D eigenvalue weighted by atomic mass is 16.5. The maximum atomic E-state index is 8.93. The second-order valence-corrected chi connectivity index (χ2v) is 1.79. The van der Waals surface area contributed by atoms with E-state index < -0.39 is 0 Å². The molecule has 4 nitrogen and oxygen atoms in total. The molecule has 4 heteroatoms. The number of hydrogen-bond donors (Lipinski definition) is 1. The maximum absolute atomic E-state index is 8.93. The molecule has 0 saturated heterocycles. The highest BCUT2D eigenvalue weighted by molar-refractivity contribution is 5.36. The lowest BCUT2D eigenvalue weighted by molar-refractivity contribution is 0.197. The molecule has 0 atom stereocenters. The molecule has 2 aromatic heterocycles. The lowest BCUT2D eigenvalue weighted by Crippen LogP contribution is -1.84. The van der Waals surface area contributed by atoms with Crippen molar-refractivity contribution in [3.05, 3.63) is 24.7 Å². The van der Waals surface area contributed by atoms with Gasteiger partial charge in [0.15, 0.2) is 12.0 Å². The molecule has 2 aromatic rings. The van der Waals surface area contributed by atoms with Crippen LogP contribution in [0.1, 0.15) is 0 Å². The zero-order chi connectivity index (χ0) is 6.27. The average molecular weight is 123 g/mol. The Morgan fingerprint density at radius 2 is 2.44 bits per heavy atom. The van der Waals surface area contributed by atoms with Crippen LogP contribution in [0.15, 0.2) is 24.7 Å². The van der Waals surface area contributed by atoms with Crippen molar-refractivity contribution in [1.29, 1.82) is 0 Å². The third-order valence-corrected chi connectivity index (χ3v) is 1.23. The molecule has 0 amide bonds. The zero-order valence-electron chi connectivity index (χ0n) is 4.60. The van der Waals surface area contributed by atoms with Gasteiger partial charge in [0.1, 0.15) is 0 Å². The predicted octanol–water partition coefficient (Wildman–Crippen LogP) is 0.373. The third kappa shape index (κ3) is 0.440. The summed E-state index contributed by atoms with van der Waals surface area (Å²) in [6, 6.07) is 3.59. The van der Waals surface area contributed by atoms with Crippen LogP contribution in [0.4, 0.5) is 0 Å². The molecule has 1 N–H and O–H groups in total. The van der Waals surface area contributed by atoms with Crippen molar-refractivity contribution < 1.29 is 5.21 Å². The van der Waals surface area contributed by atoms with Gasteiger partial charge in [-0.1, -0.05) is 0 Å². The van der Waals surface area contributed by atoms with E-state index in [0.717, 1.165) is 4.73 Å². The molecule has 0 aliphatic heterocycles. The van der Waals surface area contributed by atoms with E-state index in [0.29, 0.717) is 5.65 Å². The van der Waals surface area contributed by atoms with Crippen molar-refractivity contribution in [3.63, 3.8) is 0 Å². The first-order valence-corrected chi connectivity index (χ1v) is 2.58. The molecule has 2 rings (SSSR count). The summed E-state index contributed by atoms with van der Waals surface area (Å²) in [5.74, 6) is 0. The van der Waals surface area contributed by atoms with Crippen molar-refractivity contribution >= 4 is 5.65 Å². The number of hydrogen-bond acceptors (Lipinski definition) is 2. The Morgan fingerprint density at radius 3 is 3.22 bits per heavy atom. The second kappa shape index (κ2) is 1.28. The molecule has 0 saturated carbocycles. The van der Waals surface area contributed by atoms with Gasteiger partial charge >= 0.3 is 0 Å². The third-order valence-electron chi connectivity index (χ3n) is 1.23. The first kappa shape index (κ1) is 4.43. The molecular formula is C5H5N3O. The Labute approximate surface area is 50.9 Å². The lowest BCUT2D eigenvalue weighted by atomic mass is 10.6. The number of rotatable bonds is 0. The zero-order valence-corrected chi connectivity index (χ0v) is 4.60.